The van der Waals surface area contributed by atoms with E-state index in [1.807, 2.05) is 27.7 Å². The second-order valence-corrected chi connectivity index (χ2v) is 14.2. The Labute approximate surface area is 272 Å². The number of amides is 2. The van der Waals surface area contributed by atoms with Crippen LogP contribution in [0.1, 0.15) is 149 Å². The molecular formula is C35H74N2O7. The Hall–Kier alpha value is -1.87. The Kier molecular flexibility index (Phi) is 18.8. The summed E-state index contributed by atoms with van der Waals surface area (Å²) in [6.07, 6.45) is 17.5. The number of aliphatic carboxylic acids is 1. The minimum absolute atomic E-state index is 0. The first-order chi connectivity index (χ1) is 20.0. The van der Waals surface area contributed by atoms with Gasteiger partial charge < -0.3 is 31.8 Å². The SMILES string of the molecule is CC.CCCC(CC)NC(=O)O.C[C@H](CCC(=O)NCC(=O)O)[C@H]1CCC2[C@@H]3CC[C@@H]4CCCC[C@]4(C)C3CC[C@@]21C.O.O.[HH].[HH].[HH]. The third-order valence-corrected chi connectivity index (χ3v) is 12.1. The molecule has 0 saturated heterocycles. The van der Waals surface area contributed by atoms with E-state index in [1.165, 1.54) is 64.2 Å². The molecule has 44 heavy (non-hydrogen) atoms. The van der Waals surface area contributed by atoms with Gasteiger partial charge in [0.2, 0.25) is 5.91 Å². The first-order valence-electron chi connectivity index (χ1n) is 17.4. The molecule has 0 heterocycles. The molecule has 0 bridgehead atoms. The maximum Gasteiger partial charge on any atom is 0.404 e. The molecule has 4 aliphatic carbocycles. The monoisotopic (exact) mass is 635 g/mol. The van der Waals surface area contributed by atoms with Gasteiger partial charge in [-0.1, -0.05) is 67.7 Å². The molecule has 0 aromatic rings. The van der Waals surface area contributed by atoms with Gasteiger partial charge >= 0.3 is 12.1 Å². The highest BCUT2D eigenvalue weighted by atomic mass is 16.4. The molecule has 8 N–H and O–H groups in total. The van der Waals surface area contributed by atoms with Crippen molar-refractivity contribution in [1.82, 2.24) is 10.6 Å². The molecule has 0 aromatic heterocycles. The van der Waals surface area contributed by atoms with Gasteiger partial charge in [-0.15, -0.1) is 0 Å². The van der Waals surface area contributed by atoms with Crippen LogP contribution in [0, 0.1) is 46.3 Å². The van der Waals surface area contributed by atoms with Crippen LogP contribution in [-0.4, -0.2) is 51.7 Å². The van der Waals surface area contributed by atoms with Crippen molar-refractivity contribution in [3.63, 3.8) is 0 Å². The number of hydrogen-bond donors (Lipinski definition) is 4. The molecule has 0 aromatic carbocycles. The van der Waals surface area contributed by atoms with Crippen molar-refractivity contribution in [2.75, 3.05) is 6.54 Å². The fourth-order valence-electron chi connectivity index (χ4n) is 9.99. The summed E-state index contributed by atoms with van der Waals surface area (Å²) in [4.78, 5) is 32.8. The second kappa shape index (κ2) is 19.6. The van der Waals surface area contributed by atoms with E-state index in [1.54, 1.807) is 0 Å². The maximum absolute atomic E-state index is 12.0. The topological polar surface area (TPSA) is 179 Å². The third kappa shape index (κ3) is 10.3. The van der Waals surface area contributed by atoms with Crippen LogP contribution in [0.25, 0.3) is 0 Å². The number of carboxylic acids is 1. The fourth-order valence-corrected chi connectivity index (χ4v) is 9.99. The molecule has 4 saturated carbocycles. The Morgan fingerprint density at radius 1 is 0.864 bits per heavy atom. The Balaban J connectivity index is -0.000000474. The quantitative estimate of drug-likeness (QED) is 0.193. The lowest BCUT2D eigenvalue weighted by Crippen LogP contribution is -2.53. The first kappa shape index (κ1) is 42.1. The van der Waals surface area contributed by atoms with Crippen LogP contribution in [0.3, 0.4) is 0 Å². The molecule has 9 atom stereocenters. The van der Waals surface area contributed by atoms with Gasteiger partial charge in [-0.3, -0.25) is 9.59 Å². The summed E-state index contributed by atoms with van der Waals surface area (Å²) in [6.45, 7) is 15.3. The lowest BCUT2D eigenvalue weighted by atomic mass is 9.44. The number of hydrogen-bond acceptors (Lipinski definition) is 3. The van der Waals surface area contributed by atoms with Crippen LogP contribution in [0.2, 0.25) is 0 Å². The average Bonchev–Trinajstić information content (AvgIpc) is 3.32. The highest BCUT2D eigenvalue weighted by molar-refractivity contribution is 5.81. The predicted molar refractivity (Wildman–Crippen MR) is 184 cm³/mol. The summed E-state index contributed by atoms with van der Waals surface area (Å²) in [5.41, 5.74) is 1.05. The number of fused-ring (bicyclic) bond motifs is 5. The van der Waals surface area contributed by atoms with Crippen molar-refractivity contribution >= 4 is 18.0 Å². The van der Waals surface area contributed by atoms with Crippen molar-refractivity contribution in [3.05, 3.63) is 0 Å². The molecule has 4 rings (SSSR count). The van der Waals surface area contributed by atoms with E-state index >= 15 is 0 Å². The second-order valence-electron chi connectivity index (χ2n) is 14.2. The average molecular weight is 635 g/mol. The summed E-state index contributed by atoms with van der Waals surface area (Å²) >= 11 is 0. The normalized spacial score (nSPS) is 32.8. The Bertz CT molecular complexity index is 886. The van der Waals surface area contributed by atoms with Crippen molar-refractivity contribution in [1.29, 1.82) is 0 Å². The van der Waals surface area contributed by atoms with E-state index in [0.717, 1.165) is 49.4 Å². The van der Waals surface area contributed by atoms with Crippen molar-refractivity contribution in [2.45, 2.75) is 151 Å². The van der Waals surface area contributed by atoms with Gasteiger partial charge in [-0.2, -0.15) is 0 Å². The van der Waals surface area contributed by atoms with E-state index in [4.69, 9.17) is 10.2 Å². The molecule has 266 valence electrons. The third-order valence-electron chi connectivity index (χ3n) is 12.1. The highest BCUT2D eigenvalue weighted by Crippen LogP contribution is 2.68. The molecule has 0 radical (unpaired) electrons. The van der Waals surface area contributed by atoms with Gasteiger partial charge in [0.1, 0.15) is 6.54 Å². The molecule has 9 nitrogen and oxygen atoms in total. The van der Waals surface area contributed by atoms with Gasteiger partial charge in [-0.05, 0) is 117 Å². The minimum atomic E-state index is -0.972. The van der Waals surface area contributed by atoms with Crippen LogP contribution >= 0.6 is 0 Å². The molecule has 9 heteroatoms. The summed E-state index contributed by atoms with van der Waals surface area (Å²) < 4.78 is 0. The van der Waals surface area contributed by atoms with Crippen LogP contribution in [0.5, 0.6) is 0 Å². The molecule has 2 amide bonds. The molecular weight excluding hydrogens is 560 g/mol. The zero-order chi connectivity index (χ0) is 31.5. The number of nitrogens with one attached hydrogen (secondary N) is 2. The molecule has 4 fully saturated rings. The molecule has 0 aliphatic heterocycles. The standard InChI is InChI=1S/C26H43NO3.C7H15NO2.C2H6.2H2O.3H2/c1-17(7-12-23(28)27-16-24(29)30)20-10-11-21-19-9-8-18-6-4-5-14-25(18,2)22(19)13-15-26(20,21)3;1-3-5-6(4-2)8-7(9)10;1-2;;;;;/h17-22H,4-16H2,1-3H3,(H,27,28)(H,29,30);6,8H,3-5H2,1-2H3,(H,9,10);1-2H3;2*1H2;3*1H/t17-,18+,19+,20-,21?,22?,25+,26-;;;;;;;/m1......./s1. The van der Waals surface area contributed by atoms with Crippen LogP contribution in [0.4, 0.5) is 4.79 Å². The van der Waals surface area contributed by atoms with Crippen molar-refractivity contribution in [3.8, 4) is 0 Å². The Morgan fingerprint density at radius 2 is 1.52 bits per heavy atom. The molecule has 4 aliphatic rings. The van der Waals surface area contributed by atoms with Crippen molar-refractivity contribution in [2.24, 2.45) is 46.3 Å². The zero-order valence-corrected chi connectivity index (χ0v) is 29.0. The summed E-state index contributed by atoms with van der Waals surface area (Å²) in [5.74, 6) is 3.91. The number of rotatable bonds is 10. The summed E-state index contributed by atoms with van der Waals surface area (Å²) in [5, 5.41) is 22.0. The first-order valence-corrected chi connectivity index (χ1v) is 17.4. The minimum Gasteiger partial charge on any atom is -0.480 e. The lowest BCUT2D eigenvalue weighted by molar-refractivity contribution is -0.138. The predicted octanol–water partition coefficient (Wildman–Crippen LogP) is 7.60. The van der Waals surface area contributed by atoms with Crippen LogP contribution in [0.15, 0.2) is 0 Å². The van der Waals surface area contributed by atoms with Gasteiger partial charge in [-0.25, -0.2) is 4.79 Å². The summed E-state index contributed by atoms with van der Waals surface area (Å²) in [7, 11) is 0. The van der Waals surface area contributed by atoms with Gasteiger partial charge in [0.05, 0.1) is 0 Å². The van der Waals surface area contributed by atoms with Crippen molar-refractivity contribution < 1.29 is 39.8 Å². The summed E-state index contributed by atoms with van der Waals surface area (Å²) in [6, 6.07) is 0.141. The van der Waals surface area contributed by atoms with Gasteiger partial charge in [0.15, 0.2) is 0 Å². The lowest BCUT2D eigenvalue weighted by Gasteiger charge is -2.61. The van der Waals surface area contributed by atoms with E-state index in [2.05, 4.69) is 31.4 Å². The molecule has 3 unspecified atom stereocenters. The fraction of sp³-hybridized carbons (Fsp3) is 0.914. The smallest absolute Gasteiger partial charge is 0.404 e. The zero-order valence-electron chi connectivity index (χ0n) is 29.0. The number of carbonyl (C=O) groups is 3. The van der Waals surface area contributed by atoms with E-state index < -0.39 is 12.1 Å². The van der Waals surface area contributed by atoms with Gasteiger partial charge in [0.25, 0.3) is 0 Å². The Morgan fingerprint density at radius 3 is 2.11 bits per heavy atom. The largest absolute Gasteiger partial charge is 0.480 e. The molecule has 0 spiro atoms. The number of carbonyl (C=O) groups excluding carboxylic acids is 1. The van der Waals surface area contributed by atoms with E-state index in [-0.39, 0.29) is 33.7 Å². The van der Waals surface area contributed by atoms with Gasteiger partial charge in [0, 0.05) is 16.7 Å². The van der Waals surface area contributed by atoms with Crippen LogP contribution < -0.4 is 10.6 Å². The van der Waals surface area contributed by atoms with E-state index in [0.29, 0.717) is 29.1 Å². The highest BCUT2D eigenvalue weighted by Gasteiger charge is 2.60. The maximum atomic E-state index is 12.0. The van der Waals surface area contributed by atoms with Crippen LogP contribution in [-0.2, 0) is 9.59 Å². The number of carboxylic acid groups (broad SMARTS) is 2. The van der Waals surface area contributed by atoms with E-state index in [9.17, 15) is 14.4 Å².